The predicted octanol–water partition coefficient (Wildman–Crippen LogP) is 5.18. The molecule has 3 nitrogen and oxygen atoms in total. The summed E-state index contributed by atoms with van der Waals surface area (Å²) in [4.78, 5) is 2.18. The molecular weight excluding hydrogens is 352 g/mol. The van der Waals surface area contributed by atoms with Gasteiger partial charge in [0.05, 0.1) is 18.6 Å². The lowest BCUT2D eigenvalue weighted by molar-refractivity contribution is 0.376. The molecule has 0 fully saturated rings. The fraction of sp³-hybridized carbons (Fsp3) is 0.250. The van der Waals surface area contributed by atoms with E-state index >= 15 is 0 Å². The number of hydrogen-bond donors (Lipinski definition) is 1. The van der Waals surface area contributed by atoms with Gasteiger partial charge in [0, 0.05) is 29.9 Å². The molecular formula is C20H21ClN2OS. The Morgan fingerprint density at radius 1 is 1.24 bits per heavy atom. The van der Waals surface area contributed by atoms with Crippen LogP contribution in [0.15, 0.2) is 48.5 Å². The molecule has 25 heavy (non-hydrogen) atoms. The zero-order valence-electron chi connectivity index (χ0n) is 14.3. The van der Waals surface area contributed by atoms with E-state index in [9.17, 15) is 0 Å². The average Bonchev–Trinajstić information content (AvgIpc) is 2.67. The summed E-state index contributed by atoms with van der Waals surface area (Å²) in [5.74, 6) is 0.852. The predicted molar refractivity (Wildman–Crippen MR) is 110 cm³/mol. The number of hydrogen-bond acceptors (Lipinski definition) is 3. The van der Waals surface area contributed by atoms with Crippen LogP contribution in [0.5, 0.6) is 5.75 Å². The second kappa shape index (κ2) is 7.89. The van der Waals surface area contributed by atoms with E-state index < -0.39 is 0 Å². The smallest absolute Gasteiger partial charge is 0.118 e. The van der Waals surface area contributed by atoms with Crippen LogP contribution in [0.25, 0.3) is 5.57 Å². The largest absolute Gasteiger partial charge is 0.497 e. The SMILES string of the molecule is CNc1ccc(Cl)cc1C1=CC(c2ccc(OC)cc2)N(C=S)CC1. The molecule has 1 N–H and O–H groups in total. The number of anilines is 1. The van der Waals surface area contributed by atoms with Crippen LogP contribution in [0.2, 0.25) is 5.02 Å². The molecule has 1 unspecified atom stereocenters. The summed E-state index contributed by atoms with van der Waals surface area (Å²) < 4.78 is 5.26. The topological polar surface area (TPSA) is 24.5 Å². The van der Waals surface area contributed by atoms with Crippen molar-refractivity contribution in [1.29, 1.82) is 0 Å². The third-order valence-corrected chi connectivity index (χ3v) is 5.05. The number of nitrogens with one attached hydrogen (secondary N) is 1. The zero-order chi connectivity index (χ0) is 17.8. The van der Waals surface area contributed by atoms with Gasteiger partial charge in [0.25, 0.3) is 0 Å². The Morgan fingerprint density at radius 2 is 2.00 bits per heavy atom. The number of methoxy groups -OCH3 is 1. The van der Waals surface area contributed by atoms with Crippen molar-refractivity contribution in [2.75, 3.05) is 26.0 Å². The molecule has 2 aromatic rings. The van der Waals surface area contributed by atoms with Crippen LogP contribution in [-0.4, -0.2) is 31.1 Å². The van der Waals surface area contributed by atoms with Crippen molar-refractivity contribution < 1.29 is 4.74 Å². The van der Waals surface area contributed by atoms with Crippen LogP contribution < -0.4 is 10.1 Å². The highest BCUT2D eigenvalue weighted by Gasteiger charge is 2.23. The molecule has 0 aliphatic carbocycles. The molecule has 1 heterocycles. The van der Waals surface area contributed by atoms with Crippen LogP contribution in [-0.2, 0) is 0 Å². The maximum absolute atomic E-state index is 6.23. The van der Waals surface area contributed by atoms with Crippen LogP contribution in [0.3, 0.4) is 0 Å². The van der Waals surface area contributed by atoms with Gasteiger partial charge in [0.1, 0.15) is 5.75 Å². The molecule has 5 heteroatoms. The maximum Gasteiger partial charge on any atom is 0.118 e. The van der Waals surface area contributed by atoms with Gasteiger partial charge < -0.3 is 15.0 Å². The van der Waals surface area contributed by atoms with Gasteiger partial charge in [-0.15, -0.1) is 0 Å². The van der Waals surface area contributed by atoms with Crippen molar-refractivity contribution in [3.63, 3.8) is 0 Å². The Balaban J connectivity index is 2.02. The first-order valence-corrected chi connectivity index (χ1v) is 9.04. The molecule has 0 spiro atoms. The van der Waals surface area contributed by atoms with E-state index in [1.165, 1.54) is 11.1 Å². The summed E-state index contributed by atoms with van der Waals surface area (Å²) >= 11 is 11.5. The Kier molecular flexibility index (Phi) is 5.61. The Hall–Kier alpha value is -2.04. The van der Waals surface area contributed by atoms with E-state index in [0.29, 0.717) is 0 Å². The highest BCUT2D eigenvalue weighted by Crippen LogP contribution is 2.37. The highest BCUT2D eigenvalue weighted by atomic mass is 35.5. The molecule has 0 amide bonds. The maximum atomic E-state index is 6.23. The fourth-order valence-electron chi connectivity index (χ4n) is 3.19. The minimum atomic E-state index is 0.107. The first-order chi connectivity index (χ1) is 12.2. The van der Waals surface area contributed by atoms with E-state index in [2.05, 4.69) is 28.4 Å². The quantitative estimate of drug-likeness (QED) is 0.731. The molecule has 1 atom stereocenters. The van der Waals surface area contributed by atoms with Gasteiger partial charge in [0.2, 0.25) is 0 Å². The van der Waals surface area contributed by atoms with Crippen molar-refractivity contribution in [2.24, 2.45) is 0 Å². The monoisotopic (exact) mass is 372 g/mol. The lowest BCUT2D eigenvalue weighted by Gasteiger charge is -2.33. The Bertz CT molecular complexity index is 789. The van der Waals surface area contributed by atoms with E-state index in [1.807, 2.05) is 37.4 Å². The fourth-order valence-corrected chi connectivity index (χ4v) is 3.60. The van der Waals surface area contributed by atoms with Gasteiger partial charge in [-0.3, -0.25) is 0 Å². The van der Waals surface area contributed by atoms with E-state index in [1.54, 1.807) is 12.6 Å². The van der Waals surface area contributed by atoms with Crippen molar-refractivity contribution in [3.8, 4) is 5.75 Å². The first kappa shape index (κ1) is 17.8. The number of nitrogens with zero attached hydrogens (tertiary/aromatic N) is 1. The second-order valence-electron chi connectivity index (χ2n) is 5.94. The summed E-state index contributed by atoms with van der Waals surface area (Å²) in [6.07, 6.45) is 3.20. The number of rotatable bonds is 5. The summed E-state index contributed by atoms with van der Waals surface area (Å²) in [6.45, 7) is 0.877. The van der Waals surface area contributed by atoms with Crippen molar-refractivity contribution in [2.45, 2.75) is 12.5 Å². The van der Waals surface area contributed by atoms with Crippen LogP contribution >= 0.6 is 23.8 Å². The normalized spacial score (nSPS) is 17.0. The number of halogens is 1. The molecule has 1 aliphatic rings. The zero-order valence-corrected chi connectivity index (χ0v) is 15.9. The Morgan fingerprint density at radius 3 is 2.64 bits per heavy atom. The van der Waals surface area contributed by atoms with Gasteiger partial charge in [-0.05, 0) is 47.9 Å². The summed E-state index contributed by atoms with van der Waals surface area (Å²) in [6, 6.07) is 14.2. The average molecular weight is 373 g/mol. The summed E-state index contributed by atoms with van der Waals surface area (Å²) in [7, 11) is 3.61. The molecule has 3 rings (SSSR count). The standard InChI is InChI=1S/C20H21ClN2OS/c1-22-19-8-5-16(21)12-18(19)15-9-10-23(13-25)20(11-15)14-3-6-17(24-2)7-4-14/h3-8,11-13,20,22H,9-10H2,1-2H3. The molecule has 0 bridgehead atoms. The minimum Gasteiger partial charge on any atom is -0.497 e. The summed E-state index contributed by atoms with van der Waals surface area (Å²) in [5, 5.41) is 4.00. The molecule has 0 radical (unpaired) electrons. The van der Waals surface area contributed by atoms with Gasteiger partial charge >= 0.3 is 0 Å². The third-order valence-electron chi connectivity index (χ3n) is 4.55. The lowest BCUT2D eigenvalue weighted by atomic mass is 9.92. The van der Waals surface area contributed by atoms with Gasteiger partial charge in [-0.25, -0.2) is 0 Å². The molecule has 0 saturated heterocycles. The van der Waals surface area contributed by atoms with Gasteiger partial charge in [-0.1, -0.05) is 42.0 Å². The van der Waals surface area contributed by atoms with E-state index in [-0.39, 0.29) is 6.04 Å². The van der Waals surface area contributed by atoms with Crippen LogP contribution in [0.4, 0.5) is 5.69 Å². The molecule has 2 aromatic carbocycles. The highest BCUT2D eigenvalue weighted by molar-refractivity contribution is 7.78. The van der Waals surface area contributed by atoms with Crippen molar-refractivity contribution in [3.05, 3.63) is 64.7 Å². The van der Waals surface area contributed by atoms with E-state index in [4.69, 9.17) is 28.6 Å². The van der Waals surface area contributed by atoms with Crippen molar-refractivity contribution in [1.82, 2.24) is 4.90 Å². The number of thiocarbonyl (C=S) groups is 1. The second-order valence-corrected chi connectivity index (χ2v) is 6.59. The van der Waals surface area contributed by atoms with Crippen LogP contribution in [0, 0.1) is 0 Å². The lowest BCUT2D eigenvalue weighted by Crippen LogP contribution is -2.30. The van der Waals surface area contributed by atoms with Gasteiger partial charge in [-0.2, -0.15) is 0 Å². The van der Waals surface area contributed by atoms with Crippen LogP contribution in [0.1, 0.15) is 23.6 Å². The number of benzene rings is 2. The minimum absolute atomic E-state index is 0.107. The molecule has 0 aromatic heterocycles. The van der Waals surface area contributed by atoms with E-state index in [0.717, 1.165) is 35.0 Å². The van der Waals surface area contributed by atoms with Crippen molar-refractivity contribution >= 4 is 40.6 Å². The molecule has 0 saturated carbocycles. The van der Waals surface area contributed by atoms with Gasteiger partial charge in [0.15, 0.2) is 0 Å². The first-order valence-electron chi connectivity index (χ1n) is 8.19. The third kappa shape index (κ3) is 3.80. The number of ether oxygens (including phenoxy) is 1. The summed E-state index contributed by atoms with van der Waals surface area (Å²) in [5.41, 5.74) is 6.45. The molecule has 1 aliphatic heterocycles. The molecule has 130 valence electrons. The Labute approximate surface area is 159 Å².